The summed E-state index contributed by atoms with van der Waals surface area (Å²) in [7, 11) is 3.88. The fraction of sp³-hybridized carbons (Fsp3) is 0.267. The molecule has 0 spiro atoms. The summed E-state index contributed by atoms with van der Waals surface area (Å²) in [6, 6.07) is 23.0. The molecule has 7 heteroatoms. The van der Waals surface area contributed by atoms with Crippen molar-refractivity contribution >= 4 is 28.6 Å². The van der Waals surface area contributed by atoms with Crippen molar-refractivity contribution in [2.75, 3.05) is 32.5 Å². The molecule has 0 aliphatic heterocycles. The Labute approximate surface area is 217 Å². The third-order valence-corrected chi connectivity index (χ3v) is 6.12. The molecule has 0 fully saturated rings. The molecule has 1 heterocycles. The summed E-state index contributed by atoms with van der Waals surface area (Å²) in [6.07, 6.45) is -0.530. The van der Waals surface area contributed by atoms with Gasteiger partial charge in [0.25, 0.3) is 5.91 Å². The number of anilines is 1. The number of H-pyrrole nitrogens is 1. The lowest BCUT2D eigenvalue weighted by molar-refractivity contribution is 0.102. The Balaban J connectivity index is 1.61. The summed E-state index contributed by atoms with van der Waals surface area (Å²) in [5.74, 6) is 0.165. The van der Waals surface area contributed by atoms with Crippen LogP contribution in [0.4, 0.5) is 10.5 Å². The maximum Gasteiger partial charge on any atom is 0.413 e. The van der Waals surface area contributed by atoms with Gasteiger partial charge >= 0.3 is 6.09 Å². The number of benzene rings is 3. The zero-order valence-electron chi connectivity index (χ0n) is 22.0. The van der Waals surface area contributed by atoms with E-state index in [0.717, 1.165) is 22.0 Å². The monoisotopic (exact) mass is 498 g/mol. The molecule has 4 rings (SSSR count). The summed E-state index contributed by atoms with van der Waals surface area (Å²) in [5.41, 5.74) is 4.87. The van der Waals surface area contributed by atoms with Gasteiger partial charge in [-0.2, -0.15) is 0 Å². The second-order valence-corrected chi connectivity index (χ2v) is 10.4. The van der Waals surface area contributed by atoms with Gasteiger partial charge in [0, 0.05) is 35.2 Å². The van der Waals surface area contributed by atoms with E-state index in [4.69, 9.17) is 4.74 Å². The Morgan fingerprint density at radius 2 is 1.65 bits per heavy atom. The molecule has 2 amide bonds. The maximum atomic E-state index is 13.0. The number of rotatable bonds is 7. The molecular formula is C30H34N4O3. The number of likely N-dealkylation sites (N-methyl/N-ethyl adjacent to an activating group) is 1. The van der Waals surface area contributed by atoms with Gasteiger partial charge in [0.1, 0.15) is 0 Å². The van der Waals surface area contributed by atoms with Crippen molar-refractivity contribution in [3.63, 3.8) is 0 Å². The Bertz CT molecular complexity index is 1380. The molecule has 0 radical (unpaired) electrons. The van der Waals surface area contributed by atoms with Crippen LogP contribution in [0.5, 0.6) is 5.88 Å². The number of aromatic amines is 1. The summed E-state index contributed by atoms with van der Waals surface area (Å²) >= 11 is 0. The highest BCUT2D eigenvalue weighted by Crippen LogP contribution is 2.38. The van der Waals surface area contributed by atoms with Gasteiger partial charge in [-0.25, -0.2) is 4.79 Å². The van der Waals surface area contributed by atoms with Gasteiger partial charge < -0.3 is 25.3 Å². The minimum Gasteiger partial charge on any atom is -0.393 e. The van der Waals surface area contributed by atoms with Crippen molar-refractivity contribution in [2.45, 2.75) is 26.2 Å². The predicted octanol–water partition coefficient (Wildman–Crippen LogP) is 6.03. The summed E-state index contributed by atoms with van der Waals surface area (Å²) < 4.78 is 5.68. The van der Waals surface area contributed by atoms with Gasteiger partial charge in [-0.3, -0.25) is 4.79 Å². The van der Waals surface area contributed by atoms with Gasteiger partial charge in [-0.15, -0.1) is 0 Å². The van der Waals surface area contributed by atoms with Crippen LogP contribution in [0.25, 0.3) is 22.0 Å². The van der Waals surface area contributed by atoms with E-state index in [9.17, 15) is 9.59 Å². The summed E-state index contributed by atoms with van der Waals surface area (Å²) in [5, 5.41) is 6.61. The average molecular weight is 499 g/mol. The molecule has 192 valence electrons. The topological polar surface area (TPSA) is 86.5 Å². The first kappa shape index (κ1) is 26.0. The summed E-state index contributed by atoms with van der Waals surface area (Å²) in [6.45, 7) is 7.60. The lowest BCUT2D eigenvalue weighted by Crippen LogP contribution is -2.33. The summed E-state index contributed by atoms with van der Waals surface area (Å²) in [4.78, 5) is 30.6. The van der Waals surface area contributed by atoms with E-state index in [1.165, 1.54) is 5.56 Å². The fourth-order valence-corrected chi connectivity index (χ4v) is 4.05. The van der Waals surface area contributed by atoms with E-state index in [1.807, 2.05) is 91.8 Å². The Morgan fingerprint density at radius 1 is 0.946 bits per heavy atom. The first-order valence-electron chi connectivity index (χ1n) is 12.4. The Hall–Kier alpha value is -4.10. The SMILES string of the molecule is CN(C)CCNC(=O)Oc1[nH]c2ccc(NC(=O)c3ccc(C(C)(C)C)cc3)cc2c1-c1ccccc1. The molecule has 0 bridgehead atoms. The lowest BCUT2D eigenvalue weighted by atomic mass is 9.87. The van der Waals surface area contributed by atoms with Gasteiger partial charge in [0.15, 0.2) is 0 Å². The van der Waals surface area contributed by atoms with Crippen molar-refractivity contribution in [3.05, 3.63) is 83.9 Å². The molecule has 1 aromatic heterocycles. The van der Waals surface area contributed by atoms with Crippen LogP contribution in [0.1, 0.15) is 36.7 Å². The molecule has 4 aromatic rings. The van der Waals surface area contributed by atoms with Crippen LogP contribution in [0.2, 0.25) is 0 Å². The zero-order chi connectivity index (χ0) is 26.6. The van der Waals surface area contributed by atoms with Crippen molar-refractivity contribution in [1.29, 1.82) is 0 Å². The number of carbonyl (C=O) groups excluding carboxylic acids is 2. The number of aromatic nitrogens is 1. The predicted molar refractivity (Wildman–Crippen MR) is 149 cm³/mol. The highest BCUT2D eigenvalue weighted by Gasteiger charge is 2.19. The number of amides is 2. The number of ether oxygens (including phenoxy) is 1. The zero-order valence-corrected chi connectivity index (χ0v) is 22.0. The smallest absolute Gasteiger partial charge is 0.393 e. The van der Waals surface area contributed by atoms with Crippen LogP contribution in [0, 0.1) is 0 Å². The molecule has 0 saturated heterocycles. The third-order valence-electron chi connectivity index (χ3n) is 6.12. The number of hydrogen-bond acceptors (Lipinski definition) is 4. The van der Waals surface area contributed by atoms with E-state index < -0.39 is 6.09 Å². The highest BCUT2D eigenvalue weighted by atomic mass is 16.6. The van der Waals surface area contributed by atoms with Crippen LogP contribution >= 0.6 is 0 Å². The Kier molecular flexibility index (Phi) is 7.64. The molecule has 0 aliphatic rings. The second-order valence-electron chi connectivity index (χ2n) is 10.4. The molecule has 3 N–H and O–H groups in total. The molecular weight excluding hydrogens is 464 g/mol. The van der Waals surface area contributed by atoms with Crippen molar-refractivity contribution in [1.82, 2.24) is 15.2 Å². The van der Waals surface area contributed by atoms with Crippen LogP contribution in [-0.2, 0) is 5.41 Å². The average Bonchev–Trinajstić information content (AvgIpc) is 3.20. The van der Waals surface area contributed by atoms with E-state index >= 15 is 0 Å². The fourth-order valence-electron chi connectivity index (χ4n) is 4.05. The largest absolute Gasteiger partial charge is 0.413 e. The van der Waals surface area contributed by atoms with Crippen molar-refractivity contribution in [3.8, 4) is 17.0 Å². The van der Waals surface area contributed by atoms with E-state index in [2.05, 4.69) is 36.4 Å². The minimum atomic E-state index is -0.530. The highest BCUT2D eigenvalue weighted by molar-refractivity contribution is 6.07. The van der Waals surface area contributed by atoms with Crippen LogP contribution in [0.15, 0.2) is 72.8 Å². The molecule has 3 aromatic carbocycles. The van der Waals surface area contributed by atoms with Gasteiger partial charge in [0.05, 0.1) is 5.56 Å². The van der Waals surface area contributed by atoms with Gasteiger partial charge in [-0.1, -0.05) is 63.2 Å². The third kappa shape index (κ3) is 6.37. The van der Waals surface area contributed by atoms with E-state index in [-0.39, 0.29) is 11.3 Å². The first-order chi connectivity index (χ1) is 17.6. The molecule has 7 nitrogen and oxygen atoms in total. The Morgan fingerprint density at radius 3 is 2.30 bits per heavy atom. The van der Waals surface area contributed by atoms with Crippen LogP contribution < -0.4 is 15.4 Å². The van der Waals surface area contributed by atoms with Crippen molar-refractivity contribution in [2.24, 2.45) is 0 Å². The number of nitrogens with one attached hydrogen (secondary N) is 3. The molecule has 37 heavy (non-hydrogen) atoms. The van der Waals surface area contributed by atoms with E-state index in [0.29, 0.717) is 30.2 Å². The second kappa shape index (κ2) is 10.9. The van der Waals surface area contributed by atoms with E-state index in [1.54, 1.807) is 0 Å². The van der Waals surface area contributed by atoms with Crippen molar-refractivity contribution < 1.29 is 14.3 Å². The maximum absolute atomic E-state index is 13.0. The quantitative estimate of drug-likeness (QED) is 0.290. The molecule has 0 aliphatic carbocycles. The standard InChI is InChI=1S/C30H34N4O3/c1-30(2,3)22-13-11-21(12-14-22)27(35)32-23-15-16-25-24(19-23)26(20-9-7-6-8-10-20)28(33-25)37-29(36)31-17-18-34(4)5/h6-16,19,33H,17-18H2,1-5H3,(H,31,36)(H,32,35). The first-order valence-corrected chi connectivity index (χ1v) is 12.4. The minimum absolute atomic E-state index is 0.0190. The molecule has 0 atom stereocenters. The number of fused-ring (bicyclic) bond motifs is 1. The van der Waals surface area contributed by atoms with Gasteiger partial charge in [-0.05, 0) is 61.0 Å². The lowest BCUT2D eigenvalue weighted by Gasteiger charge is -2.19. The number of carbonyl (C=O) groups is 2. The number of nitrogens with zero attached hydrogens (tertiary/aromatic N) is 1. The van der Waals surface area contributed by atoms with Gasteiger partial charge in [0.2, 0.25) is 5.88 Å². The van der Waals surface area contributed by atoms with Crippen LogP contribution in [-0.4, -0.2) is 49.1 Å². The number of hydrogen-bond donors (Lipinski definition) is 3. The molecule has 0 unspecified atom stereocenters. The molecule has 0 saturated carbocycles. The van der Waals surface area contributed by atoms with Crippen LogP contribution in [0.3, 0.4) is 0 Å². The normalized spacial score (nSPS) is 11.5.